The van der Waals surface area contributed by atoms with Crippen molar-refractivity contribution in [3.05, 3.63) is 52.0 Å². The van der Waals surface area contributed by atoms with Gasteiger partial charge in [0.25, 0.3) is 0 Å². The predicted octanol–water partition coefficient (Wildman–Crippen LogP) is 4.43. The summed E-state index contributed by atoms with van der Waals surface area (Å²) in [5, 5.41) is 0.0888. The van der Waals surface area contributed by atoms with E-state index in [4.69, 9.17) is 28.9 Å². The van der Waals surface area contributed by atoms with Gasteiger partial charge in [0.15, 0.2) is 0 Å². The van der Waals surface area contributed by atoms with Crippen molar-refractivity contribution in [3.8, 4) is 0 Å². The fourth-order valence-corrected chi connectivity index (χ4v) is 3.51. The van der Waals surface area contributed by atoms with Gasteiger partial charge in [0, 0.05) is 0 Å². The summed E-state index contributed by atoms with van der Waals surface area (Å²) >= 11 is 11.4. The summed E-state index contributed by atoms with van der Waals surface area (Å²) in [5.74, 6) is 0. The van der Waals surface area contributed by atoms with Crippen LogP contribution in [0.4, 0.5) is 18.9 Å². The molecule has 0 aliphatic rings. The van der Waals surface area contributed by atoms with Crippen molar-refractivity contribution in [3.63, 3.8) is 0 Å². The molecule has 3 nitrogen and oxygen atoms in total. The second-order valence-corrected chi connectivity index (χ2v) is 7.06. The zero-order valence-electron chi connectivity index (χ0n) is 10.7. The lowest BCUT2D eigenvalue weighted by Crippen LogP contribution is -2.10. The van der Waals surface area contributed by atoms with Crippen LogP contribution in [0.5, 0.6) is 0 Å². The maximum Gasteiger partial charge on any atom is 0.416 e. The first-order valence-electron chi connectivity index (χ1n) is 5.70. The Morgan fingerprint density at radius 3 is 2.14 bits per heavy atom. The minimum absolute atomic E-state index is 0.0340. The van der Waals surface area contributed by atoms with Crippen molar-refractivity contribution >= 4 is 38.7 Å². The number of benzene rings is 2. The SMILES string of the molecule is Nc1ccc(C(F)(F)F)cc1S(=O)(=O)c1ccc(Cl)c(Cl)c1. The van der Waals surface area contributed by atoms with Gasteiger partial charge in [-0.25, -0.2) is 8.42 Å². The monoisotopic (exact) mass is 369 g/mol. The largest absolute Gasteiger partial charge is 0.416 e. The third-order valence-corrected chi connectivity index (χ3v) is 5.38. The Kier molecular flexibility index (Phi) is 4.34. The summed E-state index contributed by atoms with van der Waals surface area (Å²) in [6.45, 7) is 0. The van der Waals surface area contributed by atoms with E-state index in [1.54, 1.807) is 0 Å². The van der Waals surface area contributed by atoms with E-state index in [-0.39, 0.29) is 20.6 Å². The number of hydrogen-bond acceptors (Lipinski definition) is 3. The Labute approximate surface area is 134 Å². The van der Waals surface area contributed by atoms with Crippen molar-refractivity contribution in [2.75, 3.05) is 5.73 Å². The molecule has 0 fully saturated rings. The molecular formula is C13H8Cl2F3NO2S. The van der Waals surface area contributed by atoms with Crippen LogP contribution < -0.4 is 5.73 Å². The third-order valence-electron chi connectivity index (χ3n) is 2.83. The second-order valence-electron chi connectivity index (χ2n) is 4.33. The molecule has 22 heavy (non-hydrogen) atoms. The highest BCUT2D eigenvalue weighted by atomic mass is 35.5. The fourth-order valence-electron chi connectivity index (χ4n) is 1.71. The molecule has 0 aliphatic carbocycles. The van der Waals surface area contributed by atoms with Crippen molar-refractivity contribution in [1.29, 1.82) is 0 Å². The number of nitrogen functional groups attached to an aromatic ring is 1. The van der Waals surface area contributed by atoms with Crippen molar-refractivity contribution < 1.29 is 21.6 Å². The molecule has 0 saturated carbocycles. The number of sulfone groups is 1. The van der Waals surface area contributed by atoms with Crippen LogP contribution in [0.15, 0.2) is 46.2 Å². The first-order valence-corrected chi connectivity index (χ1v) is 7.94. The van der Waals surface area contributed by atoms with Crippen LogP contribution in [0.25, 0.3) is 0 Å². The molecule has 0 unspecified atom stereocenters. The van der Waals surface area contributed by atoms with Gasteiger partial charge in [0.2, 0.25) is 9.84 Å². The van der Waals surface area contributed by atoms with E-state index in [0.29, 0.717) is 12.1 Å². The predicted molar refractivity (Wildman–Crippen MR) is 77.8 cm³/mol. The Bertz CT molecular complexity index is 836. The minimum atomic E-state index is -4.68. The number of rotatable bonds is 2. The Morgan fingerprint density at radius 1 is 0.955 bits per heavy atom. The summed E-state index contributed by atoms with van der Waals surface area (Å²) in [6.07, 6.45) is -4.68. The van der Waals surface area contributed by atoms with Gasteiger partial charge in [-0.05, 0) is 36.4 Å². The Hall–Kier alpha value is -1.44. The lowest BCUT2D eigenvalue weighted by Gasteiger charge is -2.12. The van der Waals surface area contributed by atoms with Crippen LogP contribution >= 0.6 is 23.2 Å². The van der Waals surface area contributed by atoms with Gasteiger partial charge >= 0.3 is 6.18 Å². The highest BCUT2D eigenvalue weighted by Gasteiger charge is 2.33. The van der Waals surface area contributed by atoms with Crippen LogP contribution in [-0.4, -0.2) is 8.42 Å². The summed E-state index contributed by atoms with van der Waals surface area (Å²) in [6, 6.07) is 5.53. The number of nitrogens with two attached hydrogens (primary N) is 1. The molecule has 0 amide bonds. The Morgan fingerprint density at radius 2 is 1.59 bits per heavy atom. The van der Waals surface area contributed by atoms with Crippen LogP contribution in [0.1, 0.15) is 5.56 Å². The molecule has 0 atom stereocenters. The van der Waals surface area contributed by atoms with E-state index >= 15 is 0 Å². The van der Waals surface area contributed by atoms with E-state index in [0.717, 1.165) is 18.2 Å². The van der Waals surface area contributed by atoms with Crippen LogP contribution in [-0.2, 0) is 16.0 Å². The quantitative estimate of drug-likeness (QED) is 0.796. The van der Waals surface area contributed by atoms with Gasteiger partial charge in [-0.3, -0.25) is 0 Å². The molecule has 0 aromatic heterocycles. The normalized spacial score (nSPS) is 12.4. The van der Waals surface area contributed by atoms with Crippen molar-refractivity contribution in [2.45, 2.75) is 16.0 Å². The van der Waals surface area contributed by atoms with E-state index in [1.165, 1.54) is 6.07 Å². The van der Waals surface area contributed by atoms with Gasteiger partial charge < -0.3 is 5.73 Å². The maximum atomic E-state index is 12.7. The molecule has 118 valence electrons. The molecule has 0 heterocycles. The van der Waals surface area contributed by atoms with E-state index in [2.05, 4.69) is 0 Å². The summed E-state index contributed by atoms with van der Waals surface area (Å²) in [4.78, 5) is -0.936. The molecule has 0 aliphatic heterocycles. The number of alkyl halides is 3. The molecule has 0 radical (unpaired) electrons. The molecule has 9 heteroatoms. The molecular weight excluding hydrogens is 362 g/mol. The van der Waals surface area contributed by atoms with Gasteiger partial charge in [0.1, 0.15) is 0 Å². The fraction of sp³-hybridized carbons (Fsp3) is 0.0769. The van der Waals surface area contributed by atoms with E-state index < -0.39 is 26.5 Å². The molecule has 2 aromatic carbocycles. The van der Waals surface area contributed by atoms with Crippen LogP contribution in [0.2, 0.25) is 10.0 Å². The van der Waals surface area contributed by atoms with Crippen molar-refractivity contribution in [2.24, 2.45) is 0 Å². The molecule has 2 N–H and O–H groups in total. The summed E-state index contributed by atoms with van der Waals surface area (Å²) < 4.78 is 63.1. The maximum absolute atomic E-state index is 12.7. The van der Waals surface area contributed by atoms with Crippen LogP contribution in [0, 0.1) is 0 Å². The zero-order valence-corrected chi connectivity index (χ0v) is 13.0. The van der Waals surface area contributed by atoms with Crippen molar-refractivity contribution in [1.82, 2.24) is 0 Å². The number of halogens is 5. The molecule has 0 bridgehead atoms. The van der Waals surface area contributed by atoms with E-state index in [1.807, 2.05) is 0 Å². The Balaban J connectivity index is 2.65. The lowest BCUT2D eigenvalue weighted by molar-refractivity contribution is -0.137. The average Bonchev–Trinajstić information content (AvgIpc) is 2.40. The standard InChI is InChI=1S/C13H8Cl2F3NO2S/c14-9-3-2-8(6-10(9)15)22(20,21)12-5-7(13(16,17)18)1-4-11(12)19/h1-6H,19H2. The van der Waals surface area contributed by atoms with E-state index in [9.17, 15) is 21.6 Å². The first kappa shape index (κ1) is 16.9. The average molecular weight is 370 g/mol. The number of hydrogen-bond donors (Lipinski definition) is 1. The highest BCUT2D eigenvalue weighted by Crippen LogP contribution is 2.35. The second kappa shape index (κ2) is 5.64. The number of anilines is 1. The topological polar surface area (TPSA) is 60.2 Å². The molecule has 0 saturated heterocycles. The third kappa shape index (κ3) is 3.16. The first-order chi connectivity index (χ1) is 10.0. The smallest absolute Gasteiger partial charge is 0.398 e. The molecule has 2 aromatic rings. The molecule has 2 rings (SSSR count). The van der Waals surface area contributed by atoms with Gasteiger partial charge in [-0.2, -0.15) is 13.2 Å². The minimum Gasteiger partial charge on any atom is -0.398 e. The highest BCUT2D eigenvalue weighted by molar-refractivity contribution is 7.91. The lowest BCUT2D eigenvalue weighted by atomic mass is 10.2. The van der Waals surface area contributed by atoms with Gasteiger partial charge in [-0.15, -0.1) is 0 Å². The summed E-state index contributed by atoms with van der Waals surface area (Å²) in [7, 11) is -4.26. The zero-order chi connectivity index (χ0) is 16.7. The molecule has 0 spiro atoms. The summed E-state index contributed by atoms with van der Waals surface area (Å²) in [5.41, 5.74) is 4.12. The van der Waals surface area contributed by atoms with Gasteiger partial charge in [0.05, 0.1) is 31.1 Å². The van der Waals surface area contributed by atoms with Gasteiger partial charge in [-0.1, -0.05) is 23.2 Å². The van der Waals surface area contributed by atoms with Crippen LogP contribution in [0.3, 0.4) is 0 Å².